The monoisotopic (exact) mass is 389 g/mol. The van der Waals surface area contributed by atoms with Crippen LogP contribution in [0.1, 0.15) is 42.1 Å². The van der Waals surface area contributed by atoms with Gasteiger partial charge in [-0.15, -0.1) is 11.3 Å². The van der Waals surface area contributed by atoms with Gasteiger partial charge in [0, 0.05) is 19.0 Å². The van der Waals surface area contributed by atoms with Gasteiger partial charge >= 0.3 is 0 Å². The van der Waals surface area contributed by atoms with Crippen molar-refractivity contribution in [3.05, 3.63) is 45.9 Å². The fraction of sp³-hybridized carbons (Fsp3) is 0.500. The molecule has 6 nitrogen and oxygen atoms in total. The van der Waals surface area contributed by atoms with Crippen molar-refractivity contribution >= 4 is 17.3 Å². The number of nitrogens with zero attached hydrogens (tertiary/aromatic N) is 3. The number of rotatable bonds is 8. The molecule has 0 spiro atoms. The first-order valence-corrected chi connectivity index (χ1v) is 10.0. The number of aromatic nitrogens is 1. The van der Waals surface area contributed by atoms with Crippen LogP contribution in [0.15, 0.2) is 34.6 Å². The van der Waals surface area contributed by atoms with E-state index in [1.54, 1.807) is 25.5 Å². The van der Waals surface area contributed by atoms with Gasteiger partial charge in [-0.1, -0.05) is 26.0 Å². The van der Waals surface area contributed by atoms with Crippen molar-refractivity contribution in [3.63, 3.8) is 0 Å². The Balaban J connectivity index is 1.95. The highest BCUT2D eigenvalue weighted by atomic mass is 32.1. The van der Waals surface area contributed by atoms with Crippen LogP contribution >= 0.6 is 11.3 Å². The molecule has 0 saturated carbocycles. The third-order valence-electron chi connectivity index (χ3n) is 4.36. The van der Waals surface area contributed by atoms with Gasteiger partial charge in [0.05, 0.1) is 25.4 Å². The number of likely N-dealkylation sites (N-methyl/N-ethyl adjacent to an activating group) is 1. The summed E-state index contributed by atoms with van der Waals surface area (Å²) in [6.45, 7) is 5.72. The Bertz CT molecular complexity index is 741. The summed E-state index contributed by atoms with van der Waals surface area (Å²) in [5, 5.41) is 9.97. The van der Waals surface area contributed by atoms with Gasteiger partial charge in [0.2, 0.25) is 0 Å². The summed E-state index contributed by atoms with van der Waals surface area (Å²) in [4.78, 5) is 11.2. The van der Waals surface area contributed by atoms with Crippen molar-refractivity contribution in [2.45, 2.75) is 32.4 Å². The van der Waals surface area contributed by atoms with Crippen LogP contribution in [0.4, 0.5) is 0 Å². The lowest BCUT2D eigenvalue weighted by molar-refractivity contribution is 0.297. The number of hydrogen-bond acceptors (Lipinski definition) is 5. The Morgan fingerprint density at radius 3 is 2.67 bits per heavy atom. The fourth-order valence-corrected chi connectivity index (χ4v) is 3.59. The molecule has 0 aliphatic rings. The first-order chi connectivity index (χ1) is 12.9. The third-order valence-corrected chi connectivity index (χ3v) is 5.22. The SMILES string of the molecule is CN=C(NCc1nc(C(C)C)cs1)NCC(c1cccc(OC)c1)N(C)C. The zero-order chi connectivity index (χ0) is 19.8. The minimum Gasteiger partial charge on any atom is -0.497 e. The molecule has 1 heterocycles. The molecule has 0 fully saturated rings. The topological polar surface area (TPSA) is 61.8 Å². The summed E-state index contributed by atoms with van der Waals surface area (Å²) < 4.78 is 5.36. The smallest absolute Gasteiger partial charge is 0.191 e. The van der Waals surface area contributed by atoms with Crippen LogP contribution in [0.25, 0.3) is 0 Å². The highest BCUT2D eigenvalue weighted by Gasteiger charge is 2.15. The van der Waals surface area contributed by atoms with E-state index < -0.39 is 0 Å². The zero-order valence-electron chi connectivity index (χ0n) is 17.1. The maximum atomic E-state index is 5.36. The largest absolute Gasteiger partial charge is 0.497 e. The number of guanidine groups is 1. The van der Waals surface area contributed by atoms with Crippen molar-refractivity contribution in [2.24, 2.45) is 4.99 Å². The van der Waals surface area contributed by atoms with E-state index in [1.807, 2.05) is 12.1 Å². The lowest BCUT2D eigenvalue weighted by atomic mass is 10.1. The van der Waals surface area contributed by atoms with Crippen molar-refractivity contribution in [3.8, 4) is 5.75 Å². The van der Waals surface area contributed by atoms with E-state index in [0.29, 0.717) is 12.5 Å². The maximum absolute atomic E-state index is 5.36. The van der Waals surface area contributed by atoms with Gasteiger partial charge in [-0.25, -0.2) is 4.98 Å². The van der Waals surface area contributed by atoms with Crippen LogP contribution in [0, 0.1) is 0 Å². The Morgan fingerprint density at radius 1 is 1.30 bits per heavy atom. The van der Waals surface area contributed by atoms with E-state index in [9.17, 15) is 0 Å². The molecule has 0 amide bonds. The van der Waals surface area contributed by atoms with E-state index >= 15 is 0 Å². The van der Waals surface area contributed by atoms with Crippen molar-refractivity contribution in [2.75, 3.05) is 34.8 Å². The van der Waals surface area contributed by atoms with Crippen molar-refractivity contribution < 1.29 is 4.74 Å². The number of aliphatic imine (C=N–C) groups is 1. The number of methoxy groups -OCH3 is 1. The van der Waals surface area contributed by atoms with Gasteiger partial charge < -0.3 is 20.3 Å². The molecule has 2 N–H and O–H groups in total. The molecule has 1 aromatic heterocycles. The predicted molar refractivity (Wildman–Crippen MR) is 114 cm³/mol. The van der Waals surface area contributed by atoms with Crippen molar-refractivity contribution in [1.29, 1.82) is 0 Å². The normalized spacial score (nSPS) is 13.1. The van der Waals surface area contributed by atoms with Crippen LogP contribution < -0.4 is 15.4 Å². The molecule has 27 heavy (non-hydrogen) atoms. The molecule has 0 radical (unpaired) electrons. The maximum Gasteiger partial charge on any atom is 0.191 e. The lowest BCUT2D eigenvalue weighted by Crippen LogP contribution is -2.41. The molecule has 0 aliphatic carbocycles. The average molecular weight is 390 g/mol. The minimum atomic E-state index is 0.200. The zero-order valence-corrected chi connectivity index (χ0v) is 17.9. The van der Waals surface area contributed by atoms with Crippen LogP contribution in [0.3, 0.4) is 0 Å². The first kappa shape index (κ1) is 21.2. The quantitative estimate of drug-likeness (QED) is 0.536. The second-order valence-corrected chi connectivity index (χ2v) is 7.83. The summed E-state index contributed by atoms with van der Waals surface area (Å²) in [5.74, 6) is 2.09. The van der Waals surface area contributed by atoms with Crippen LogP contribution in [-0.2, 0) is 6.54 Å². The number of hydrogen-bond donors (Lipinski definition) is 2. The summed E-state index contributed by atoms with van der Waals surface area (Å²) in [6.07, 6.45) is 0. The molecule has 0 aliphatic heterocycles. The molecule has 148 valence electrons. The summed E-state index contributed by atoms with van der Waals surface area (Å²) >= 11 is 1.68. The van der Waals surface area contributed by atoms with Gasteiger partial charge in [0.1, 0.15) is 10.8 Å². The van der Waals surface area contributed by atoms with Gasteiger partial charge in [-0.05, 0) is 37.7 Å². The number of ether oxygens (including phenoxy) is 1. The van der Waals surface area contributed by atoms with Crippen molar-refractivity contribution in [1.82, 2.24) is 20.5 Å². The molecular formula is C20H31N5OS. The fourth-order valence-electron chi connectivity index (χ4n) is 2.69. The standard InChI is InChI=1S/C20H31N5OS/c1-14(2)17-13-27-19(24-17)12-23-20(21-3)22-11-18(25(4)5)15-8-7-9-16(10-15)26-6/h7-10,13-14,18H,11-12H2,1-6H3,(H2,21,22,23). The Kier molecular flexibility index (Phi) is 8.06. The molecule has 1 unspecified atom stereocenters. The number of nitrogens with one attached hydrogen (secondary N) is 2. The van der Waals surface area contributed by atoms with E-state index in [0.717, 1.165) is 29.0 Å². The number of benzene rings is 1. The minimum absolute atomic E-state index is 0.200. The number of thiazole rings is 1. The third kappa shape index (κ3) is 6.22. The molecular weight excluding hydrogens is 358 g/mol. The van der Waals surface area contributed by atoms with E-state index in [2.05, 4.69) is 71.0 Å². The van der Waals surface area contributed by atoms with E-state index in [4.69, 9.17) is 4.74 Å². The predicted octanol–water partition coefficient (Wildman–Crippen LogP) is 3.24. The average Bonchev–Trinajstić information content (AvgIpc) is 3.13. The second kappa shape index (κ2) is 10.3. The molecule has 2 rings (SSSR count). The second-order valence-electron chi connectivity index (χ2n) is 6.88. The Hall–Kier alpha value is -2.12. The summed E-state index contributed by atoms with van der Waals surface area (Å²) in [5.41, 5.74) is 2.34. The van der Waals surface area contributed by atoms with E-state index in [-0.39, 0.29) is 6.04 Å². The molecule has 7 heteroatoms. The molecule has 0 bridgehead atoms. The van der Waals surface area contributed by atoms with E-state index in [1.165, 1.54) is 5.56 Å². The van der Waals surface area contributed by atoms with Gasteiger partial charge in [0.25, 0.3) is 0 Å². The Labute approximate surface area is 166 Å². The highest BCUT2D eigenvalue weighted by Crippen LogP contribution is 2.22. The van der Waals surface area contributed by atoms with Crippen LogP contribution in [0.5, 0.6) is 5.75 Å². The molecule has 2 aromatic rings. The highest BCUT2D eigenvalue weighted by molar-refractivity contribution is 7.09. The van der Waals surface area contributed by atoms with Gasteiger partial charge in [0.15, 0.2) is 5.96 Å². The first-order valence-electron chi connectivity index (χ1n) is 9.13. The van der Waals surface area contributed by atoms with Crippen LogP contribution in [-0.4, -0.2) is 50.6 Å². The van der Waals surface area contributed by atoms with Gasteiger partial charge in [-0.2, -0.15) is 0 Å². The molecule has 1 atom stereocenters. The summed E-state index contributed by atoms with van der Waals surface area (Å²) in [6, 6.07) is 8.38. The lowest BCUT2D eigenvalue weighted by Gasteiger charge is -2.26. The van der Waals surface area contributed by atoms with Crippen LogP contribution in [0.2, 0.25) is 0 Å². The molecule has 0 saturated heterocycles. The molecule has 1 aromatic carbocycles. The van der Waals surface area contributed by atoms with Gasteiger partial charge in [-0.3, -0.25) is 4.99 Å². The Morgan fingerprint density at radius 2 is 2.07 bits per heavy atom. The summed E-state index contributed by atoms with van der Waals surface area (Å²) in [7, 11) is 7.63.